The van der Waals surface area contributed by atoms with Gasteiger partial charge in [0.15, 0.2) is 0 Å². The molecule has 0 spiro atoms. The number of carbonyl (C=O) groups is 2. The summed E-state index contributed by atoms with van der Waals surface area (Å²) in [6.45, 7) is 4.36. The molecule has 0 saturated heterocycles. The van der Waals surface area contributed by atoms with E-state index in [2.05, 4.69) is 86.8 Å². The molecule has 0 aromatic heterocycles. The minimum atomic E-state index is -0.783. The van der Waals surface area contributed by atoms with Gasteiger partial charge in [-0.1, -0.05) is 125 Å². The summed E-state index contributed by atoms with van der Waals surface area (Å²) in [6, 6.07) is 0. The molecule has 0 aromatic rings. The fraction of sp³-hybridized carbons (Fsp3) is 0.590. The number of hydrogen-bond donors (Lipinski definition) is 1. The summed E-state index contributed by atoms with van der Waals surface area (Å²) in [7, 11) is 0. The van der Waals surface area contributed by atoms with Crippen LogP contribution in [-0.2, 0) is 14.3 Å². The van der Waals surface area contributed by atoms with Crippen molar-refractivity contribution in [1.82, 2.24) is 0 Å². The van der Waals surface area contributed by atoms with Crippen LogP contribution in [0.1, 0.15) is 142 Å². The Labute approximate surface area is 264 Å². The Kier molecular flexibility index (Phi) is 31.4. The first-order valence-electron chi connectivity index (χ1n) is 17.1. The first-order valence-corrected chi connectivity index (χ1v) is 17.1. The average Bonchev–Trinajstić information content (AvgIpc) is 2.99. The summed E-state index contributed by atoms with van der Waals surface area (Å²) in [4.78, 5) is 23.3. The molecule has 0 heterocycles. The maximum atomic E-state index is 12.5. The lowest BCUT2D eigenvalue weighted by Crippen LogP contribution is -2.16. The first kappa shape index (κ1) is 40.1. The van der Waals surface area contributed by atoms with Gasteiger partial charge < -0.3 is 9.84 Å². The second kappa shape index (κ2) is 33.6. The highest BCUT2D eigenvalue weighted by Crippen LogP contribution is 2.13. The normalized spacial score (nSPS) is 13.3. The van der Waals surface area contributed by atoms with Crippen molar-refractivity contribution in [2.45, 2.75) is 148 Å². The van der Waals surface area contributed by atoms with Crippen LogP contribution in [0.15, 0.2) is 85.1 Å². The zero-order chi connectivity index (χ0) is 31.5. The second-order valence-electron chi connectivity index (χ2n) is 11.0. The number of carbonyl (C=O) groups excluding carboxylic acids is 1. The van der Waals surface area contributed by atoms with E-state index < -0.39 is 5.97 Å². The van der Waals surface area contributed by atoms with Crippen LogP contribution < -0.4 is 0 Å². The lowest BCUT2D eigenvalue weighted by Gasteiger charge is -2.14. The highest BCUT2D eigenvalue weighted by molar-refractivity contribution is 5.69. The van der Waals surface area contributed by atoms with E-state index in [-0.39, 0.29) is 18.5 Å². The Morgan fingerprint density at radius 3 is 1.63 bits per heavy atom. The molecule has 0 amide bonds. The van der Waals surface area contributed by atoms with Crippen LogP contribution in [0.3, 0.4) is 0 Å². The van der Waals surface area contributed by atoms with Crippen LogP contribution in [0.25, 0.3) is 0 Å². The molecular formula is C39H62O4. The summed E-state index contributed by atoms with van der Waals surface area (Å²) < 4.78 is 5.75. The third-order valence-corrected chi connectivity index (χ3v) is 6.84. The summed E-state index contributed by atoms with van der Waals surface area (Å²) in [5.74, 6) is -0.937. The van der Waals surface area contributed by atoms with Crippen molar-refractivity contribution in [3.8, 4) is 0 Å². The zero-order valence-electron chi connectivity index (χ0n) is 27.5. The summed E-state index contributed by atoms with van der Waals surface area (Å²) in [6.07, 6.45) is 48.8. The molecule has 43 heavy (non-hydrogen) atoms. The van der Waals surface area contributed by atoms with Gasteiger partial charge in [0.05, 0.1) is 0 Å². The zero-order valence-corrected chi connectivity index (χ0v) is 27.5. The molecule has 4 nitrogen and oxygen atoms in total. The summed E-state index contributed by atoms with van der Waals surface area (Å²) >= 11 is 0. The van der Waals surface area contributed by atoms with E-state index in [1.807, 2.05) is 12.2 Å². The van der Waals surface area contributed by atoms with Gasteiger partial charge in [0.1, 0.15) is 6.10 Å². The number of carboxylic acid groups (broad SMARTS) is 1. The number of unbranched alkanes of at least 4 members (excludes halogenated alkanes) is 8. The molecule has 242 valence electrons. The van der Waals surface area contributed by atoms with E-state index in [1.54, 1.807) is 0 Å². The molecule has 0 aromatic carbocycles. The van der Waals surface area contributed by atoms with E-state index in [0.29, 0.717) is 19.3 Å². The topological polar surface area (TPSA) is 63.6 Å². The first-order chi connectivity index (χ1) is 21.1. The van der Waals surface area contributed by atoms with Crippen LogP contribution in [0.5, 0.6) is 0 Å². The molecule has 1 atom stereocenters. The molecule has 0 radical (unpaired) electrons. The molecule has 0 bridgehead atoms. The van der Waals surface area contributed by atoms with E-state index in [1.165, 1.54) is 32.1 Å². The van der Waals surface area contributed by atoms with Crippen LogP contribution in [0.2, 0.25) is 0 Å². The molecule has 0 aliphatic carbocycles. The number of hydrogen-bond acceptors (Lipinski definition) is 3. The fourth-order valence-electron chi connectivity index (χ4n) is 4.32. The molecule has 0 aliphatic heterocycles. The van der Waals surface area contributed by atoms with Gasteiger partial charge in [-0.3, -0.25) is 9.59 Å². The summed E-state index contributed by atoms with van der Waals surface area (Å²) in [5, 5.41) is 8.90. The second-order valence-corrected chi connectivity index (χ2v) is 11.0. The number of carboxylic acids is 1. The van der Waals surface area contributed by atoms with Crippen molar-refractivity contribution in [2.75, 3.05) is 0 Å². The van der Waals surface area contributed by atoms with Crippen LogP contribution in [0.4, 0.5) is 0 Å². The van der Waals surface area contributed by atoms with Gasteiger partial charge >= 0.3 is 11.9 Å². The van der Waals surface area contributed by atoms with Crippen molar-refractivity contribution in [1.29, 1.82) is 0 Å². The smallest absolute Gasteiger partial charge is 0.306 e. The van der Waals surface area contributed by atoms with Crippen molar-refractivity contribution in [2.24, 2.45) is 0 Å². The molecule has 0 fully saturated rings. The number of rotatable bonds is 29. The van der Waals surface area contributed by atoms with Crippen molar-refractivity contribution in [3.63, 3.8) is 0 Å². The van der Waals surface area contributed by atoms with Crippen LogP contribution in [-0.4, -0.2) is 23.1 Å². The highest BCUT2D eigenvalue weighted by Gasteiger charge is 2.11. The van der Waals surface area contributed by atoms with Gasteiger partial charge in [-0.15, -0.1) is 0 Å². The van der Waals surface area contributed by atoms with Crippen LogP contribution >= 0.6 is 0 Å². The maximum absolute atomic E-state index is 12.5. The largest absolute Gasteiger partial charge is 0.481 e. The predicted octanol–water partition coefficient (Wildman–Crippen LogP) is 11.7. The van der Waals surface area contributed by atoms with Gasteiger partial charge in [-0.25, -0.2) is 0 Å². The van der Waals surface area contributed by atoms with E-state index in [9.17, 15) is 9.59 Å². The van der Waals surface area contributed by atoms with Crippen molar-refractivity contribution >= 4 is 11.9 Å². The van der Waals surface area contributed by atoms with Gasteiger partial charge in [-0.05, 0) is 89.5 Å². The minimum Gasteiger partial charge on any atom is -0.481 e. The lowest BCUT2D eigenvalue weighted by molar-refractivity contribution is -0.147. The van der Waals surface area contributed by atoms with E-state index >= 15 is 0 Å². The monoisotopic (exact) mass is 594 g/mol. The van der Waals surface area contributed by atoms with Crippen molar-refractivity contribution < 1.29 is 19.4 Å². The number of ether oxygens (including phenoxy) is 1. The maximum Gasteiger partial charge on any atom is 0.306 e. The molecule has 0 aliphatic rings. The Morgan fingerprint density at radius 1 is 0.558 bits per heavy atom. The van der Waals surface area contributed by atoms with Gasteiger partial charge in [-0.2, -0.15) is 0 Å². The Bertz CT molecular complexity index is 856. The third kappa shape index (κ3) is 33.5. The Balaban J connectivity index is 4.21. The van der Waals surface area contributed by atoms with Gasteiger partial charge in [0.25, 0.3) is 0 Å². The minimum absolute atomic E-state index is 0.151. The van der Waals surface area contributed by atoms with E-state index in [0.717, 1.165) is 70.6 Å². The van der Waals surface area contributed by atoms with Gasteiger partial charge in [0.2, 0.25) is 0 Å². The quantitative estimate of drug-likeness (QED) is 0.0531. The Morgan fingerprint density at radius 2 is 1.05 bits per heavy atom. The fourth-order valence-corrected chi connectivity index (χ4v) is 4.32. The number of allylic oxidation sites excluding steroid dienone is 13. The molecule has 0 rings (SSSR count). The molecular weight excluding hydrogens is 532 g/mol. The van der Waals surface area contributed by atoms with Crippen molar-refractivity contribution in [3.05, 3.63) is 85.1 Å². The lowest BCUT2D eigenvalue weighted by atomic mass is 10.1. The van der Waals surface area contributed by atoms with E-state index in [4.69, 9.17) is 9.84 Å². The van der Waals surface area contributed by atoms with Gasteiger partial charge in [0, 0.05) is 12.8 Å². The standard InChI is InChI=1S/C39H62O4/c1-3-5-7-9-11-13-15-17-19-21-23-25-27-29-33-37(34-31-32-35-38(40)41)43-39(42)36-30-28-26-24-22-20-18-16-14-12-10-8-6-4-2/h5,7,10-13,16-19,23,25,29,33,37H,3-4,6,8-9,14-15,20-22,24,26-28,30-32,34-36H2,1-2H3,(H,40,41)/b7-5-,12-10-,13-11-,18-16-,19-17-,25-23-,33-29-. The Hall–Kier alpha value is -2.88. The SMILES string of the molecule is CC/C=C\C/C=C\C/C=C\C/C=C\C/C=C\C(CCCCC(=O)O)OC(=O)CCCCCCC/C=C\C/C=C\CCCC. The molecule has 1 unspecified atom stereocenters. The molecule has 1 N–H and O–H groups in total. The summed E-state index contributed by atoms with van der Waals surface area (Å²) in [5.41, 5.74) is 0. The molecule has 4 heteroatoms. The molecule has 0 saturated carbocycles. The highest BCUT2D eigenvalue weighted by atomic mass is 16.5. The predicted molar refractivity (Wildman–Crippen MR) is 185 cm³/mol. The third-order valence-electron chi connectivity index (χ3n) is 6.84. The number of esters is 1. The van der Waals surface area contributed by atoms with Crippen LogP contribution in [0, 0.1) is 0 Å². The average molecular weight is 595 g/mol. The number of aliphatic carboxylic acids is 1.